The molecule has 0 rings (SSSR count). The smallest absolute Gasteiger partial charge is 0.318 e. The van der Waals surface area contributed by atoms with Crippen LogP contribution in [0.25, 0.3) is 0 Å². The third-order valence-electron chi connectivity index (χ3n) is 2.26. The van der Waals surface area contributed by atoms with Crippen LogP contribution in [0.4, 0.5) is 4.79 Å². The summed E-state index contributed by atoms with van der Waals surface area (Å²) in [4.78, 5) is 36.4. The van der Waals surface area contributed by atoms with Gasteiger partial charge in [0.25, 0.3) is 0 Å². The Balaban J connectivity index is 4.40. The van der Waals surface area contributed by atoms with Crippen molar-refractivity contribution in [3.63, 3.8) is 0 Å². The SMILES string of the molecule is CN(C)C(=O)CN(C)C(=O)NC(C)(C)CC(=O)O. The van der Waals surface area contributed by atoms with Crippen molar-refractivity contribution in [2.45, 2.75) is 25.8 Å². The highest BCUT2D eigenvalue weighted by atomic mass is 16.4. The lowest BCUT2D eigenvalue weighted by atomic mass is 10.0. The van der Waals surface area contributed by atoms with Gasteiger partial charge in [0.15, 0.2) is 0 Å². The van der Waals surface area contributed by atoms with Gasteiger partial charge in [-0.15, -0.1) is 0 Å². The molecule has 7 heteroatoms. The van der Waals surface area contributed by atoms with Gasteiger partial charge in [0.05, 0.1) is 6.42 Å². The third kappa shape index (κ3) is 6.07. The number of carbonyl (C=O) groups is 3. The van der Waals surface area contributed by atoms with Crippen LogP contribution in [0.2, 0.25) is 0 Å². The van der Waals surface area contributed by atoms with E-state index in [9.17, 15) is 14.4 Å². The van der Waals surface area contributed by atoms with Gasteiger partial charge in [-0.05, 0) is 13.8 Å². The molecule has 3 amide bonds. The Morgan fingerprint density at radius 3 is 2.06 bits per heavy atom. The van der Waals surface area contributed by atoms with Gasteiger partial charge in [0.1, 0.15) is 6.54 Å². The number of amides is 3. The number of hydrogen-bond acceptors (Lipinski definition) is 3. The van der Waals surface area contributed by atoms with Crippen LogP contribution in [0.3, 0.4) is 0 Å². The maximum atomic E-state index is 11.7. The number of nitrogens with one attached hydrogen (secondary N) is 1. The number of aliphatic carboxylic acids is 1. The Hall–Kier alpha value is -1.79. The van der Waals surface area contributed by atoms with E-state index < -0.39 is 17.5 Å². The molecule has 0 saturated heterocycles. The first-order valence-corrected chi connectivity index (χ1v) is 5.50. The summed E-state index contributed by atoms with van der Waals surface area (Å²) in [6, 6.07) is -0.476. The highest BCUT2D eigenvalue weighted by molar-refractivity contribution is 5.84. The molecule has 0 aliphatic rings. The molecular weight excluding hydrogens is 238 g/mol. The van der Waals surface area contributed by atoms with E-state index in [-0.39, 0.29) is 18.9 Å². The maximum absolute atomic E-state index is 11.7. The van der Waals surface area contributed by atoms with Gasteiger partial charge >= 0.3 is 12.0 Å². The number of carboxylic acid groups (broad SMARTS) is 1. The molecule has 0 aromatic rings. The summed E-state index contributed by atoms with van der Waals surface area (Å²) in [5.74, 6) is -1.20. The van der Waals surface area contributed by atoms with E-state index in [1.165, 1.54) is 16.8 Å². The molecule has 2 N–H and O–H groups in total. The van der Waals surface area contributed by atoms with Crippen molar-refractivity contribution >= 4 is 17.9 Å². The number of carbonyl (C=O) groups excluding carboxylic acids is 2. The van der Waals surface area contributed by atoms with Gasteiger partial charge in [-0.2, -0.15) is 0 Å². The minimum atomic E-state index is -0.993. The number of nitrogens with zero attached hydrogens (tertiary/aromatic N) is 2. The summed E-state index contributed by atoms with van der Waals surface area (Å²) in [5.41, 5.74) is -0.863. The zero-order valence-corrected chi connectivity index (χ0v) is 11.5. The van der Waals surface area contributed by atoms with Crippen molar-refractivity contribution in [2.75, 3.05) is 27.7 Å². The summed E-state index contributed by atoms with van der Waals surface area (Å²) in [7, 11) is 4.68. The fraction of sp³-hybridized carbons (Fsp3) is 0.727. The molecule has 0 bridgehead atoms. The number of rotatable bonds is 5. The molecule has 104 valence electrons. The molecule has 0 spiro atoms. The standard InChI is InChI=1S/C11H21N3O4/c1-11(2,6-9(16)17)12-10(18)14(5)7-8(15)13(3)4/h6-7H2,1-5H3,(H,12,18)(H,16,17). The van der Waals surface area contributed by atoms with Crippen molar-refractivity contribution in [1.82, 2.24) is 15.1 Å². The second-order valence-corrected chi connectivity index (χ2v) is 5.03. The quantitative estimate of drug-likeness (QED) is 0.725. The van der Waals surface area contributed by atoms with Crippen molar-refractivity contribution < 1.29 is 19.5 Å². The van der Waals surface area contributed by atoms with Crippen LogP contribution in [0.1, 0.15) is 20.3 Å². The number of likely N-dealkylation sites (N-methyl/N-ethyl adjacent to an activating group) is 2. The lowest BCUT2D eigenvalue weighted by Gasteiger charge is -2.28. The first-order valence-electron chi connectivity index (χ1n) is 5.50. The summed E-state index contributed by atoms with van der Waals surface area (Å²) in [6.45, 7) is 3.17. The number of urea groups is 1. The minimum Gasteiger partial charge on any atom is -0.481 e. The van der Waals surface area contributed by atoms with Crippen molar-refractivity contribution in [3.05, 3.63) is 0 Å². The van der Waals surface area contributed by atoms with Crippen LogP contribution in [-0.4, -0.2) is 66.0 Å². The van der Waals surface area contributed by atoms with Gasteiger partial charge in [0.2, 0.25) is 5.91 Å². The van der Waals surface area contributed by atoms with Crippen LogP contribution >= 0.6 is 0 Å². The van der Waals surface area contributed by atoms with Gasteiger partial charge in [-0.1, -0.05) is 0 Å². The van der Waals surface area contributed by atoms with Crippen LogP contribution in [0, 0.1) is 0 Å². The Morgan fingerprint density at radius 1 is 1.17 bits per heavy atom. The lowest BCUT2D eigenvalue weighted by Crippen LogP contribution is -2.51. The molecule has 7 nitrogen and oxygen atoms in total. The predicted molar refractivity (Wildman–Crippen MR) is 66.2 cm³/mol. The highest BCUT2D eigenvalue weighted by Gasteiger charge is 2.26. The lowest BCUT2D eigenvalue weighted by molar-refractivity contribution is -0.138. The van der Waals surface area contributed by atoms with Crippen molar-refractivity contribution in [2.24, 2.45) is 0 Å². The van der Waals surface area contributed by atoms with E-state index in [1.54, 1.807) is 27.9 Å². The molecule has 0 aromatic carbocycles. The first-order chi connectivity index (χ1) is 8.05. The van der Waals surface area contributed by atoms with Gasteiger partial charge in [-0.25, -0.2) is 4.79 Å². The molecule has 0 aliphatic heterocycles. The zero-order valence-electron chi connectivity index (χ0n) is 11.5. The zero-order chi connectivity index (χ0) is 14.5. The average Bonchev–Trinajstić information content (AvgIpc) is 2.13. The molecule has 0 fully saturated rings. The molecule has 0 saturated carbocycles. The second-order valence-electron chi connectivity index (χ2n) is 5.03. The molecule has 0 radical (unpaired) electrons. The van der Waals surface area contributed by atoms with E-state index in [1.807, 2.05) is 0 Å². The molecule has 0 aromatic heterocycles. The predicted octanol–water partition coefficient (Wildman–Crippen LogP) is -0.0307. The third-order valence-corrected chi connectivity index (χ3v) is 2.26. The summed E-state index contributed by atoms with van der Waals surface area (Å²) >= 11 is 0. The van der Waals surface area contributed by atoms with E-state index >= 15 is 0 Å². The molecule has 0 heterocycles. The Labute approximate surface area is 107 Å². The molecule has 0 atom stereocenters. The maximum Gasteiger partial charge on any atom is 0.318 e. The van der Waals surface area contributed by atoms with Gasteiger partial charge < -0.3 is 20.2 Å². The Bertz CT molecular complexity index is 339. The van der Waals surface area contributed by atoms with Crippen molar-refractivity contribution in [3.8, 4) is 0 Å². The van der Waals surface area contributed by atoms with Gasteiger partial charge in [-0.3, -0.25) is 9.59 Å². The van der Waals surface area contributed by atoms with E-state index in [2.05, 4.69) is 5.32 Å². The van der Waals surface area contributed by atoms with Crippen LogP contribution in [0.5, 0.6) is 0 Å². The van der Waals surface area contributed by atoms with Crippen molar-refractivity contribution in [1.29, 1.82) is 0 Å². The molecule has 0 aliphatic carbocycles. The van der Waals surface area contributed by atoms with Gasteiger partial charge in [0, 0.05) is 26.7 Å². The molecular formula is C11H21N3O4. The second kappa shape index (κ2) is 6.23. The largest absolute Gasteiger partial charge is 0.481 e. The normalized spacial score (nSPS) is 10.7. The number of hydrogen-bond donors (Lipinski definition) is 2. The monoisotopic (exact) mass is 259 g/mol. The number of carboxylic acids is 1. The average molecular weight is 259 g/mol. The minimum absolute atomic E-state index is 0.0536. The fourth-order valence-corrected chi connectivity index (χ4v) is 1.22. The summed E-state index contributed by atoms with van der Waals surface area (Å²) in [5, 5.41) is 11.3. The Morgan fingerprint density at radius 2 is 1.67 bits per heavy atom. The fourth-order valence-electron chi connectivity index (χ4n) is 1.22. The van der Waals surface area contributed by atoms with Crippen LogP contribution < -0.4 is 5.32 Å². The molecule has 0 unspecified atom stereocenters. The van der Waals surface area contributed by atoms with Crippen LogP contribution in [0.15, 0.2) is 0 Å². The summed E-state index contributed by atoms with van der Waals surface area (Å²) in [6.07, 6.45) is -0.186. The van der Waals surface area contributed by atoms with E-state index in [0.29, 0.717) is 0 Å². The topological polar surface area (TPSA) is 90.0 Å². The Kier molecular flexibility index (Phi) is 5.61. The molecule has 18 heavy (non-hydrogen) atoms. The highest BCUT2D eigenvalue weighted by Crippen LogP contribution is 2.08. The van der Waals surface area contributed by atoms with Crippen LogP contribution in [-0.2, 0) is 9.59 Å². The summed E-state index contributed by atoms with van der Waals surface area (Å²) < 4.78 is 0. The van der Waals surface area contributed by atoms with E-state index in [0.717, 1.165) is 0 Å². The van der Waals surface area contributed by atoms with E-state index in [4.69, 9.17) is 5.11 Å². The first kappa shape index (κ1) is 16.2.